The monoisotopic (exact) mass is 313 g/mol. The van der Waals surface area contributed by atoms with E-state index in [1.54, 1.807) is 36.4 Å². The zero-order valence-corrected chi connectivity index (χ0v) is 12.7. The van der Waals surface area contributed by atoms with Crippen LogP contribution in [0.3, 0.4) is 0 Å². The number of methoxy groups -OCH3 is 2. The van der Waals surface area contributed by atoms with Gasteiger partial charge in [-0.15, -0.1) is 0 Å². The number of ether oxygens (including phenoxy) is 2. The van der Waals surface area contributed by atoms with Gasteiger partial charge in [0.1, 0.15) is 5.75 Å². The van der Waals surface area contributed by atoms with Crippen molar-refractivity contribution in [3.05, 3.63) is 48.1 Å². The Hall–Kier alpha value is -2.89. The molecule has 2 aliphatic rings. The Morgan fingerprint density at radius 3 is 2.48 bits per heavy atom. The lowest BCUT2D eigenvalue weighted by Gasteiger charge is -2.36. The number of rotatable bonds is 3. The zero-order chi connectivity index (χ0) is 16.6. The molecule has 0 radical (unpaired) electrons. The van der Waals surface area contributed by atoms with Crippen molar-refractivity contribution in [3.8, 4) is 5.75 Å². The summed E-state index contributed by atoms with van der Waals surface area (Å²) in [5.74, 6) is -1.45. The molecule has 0 saturated carbocycles. The number of fused-ring (bicyclic) bond motifs is 1. The van der Waals surface area contributed by atoms with E-state index < -0.39 is 23.2 Å². The third-order valence-corrected chi connectivity index (χ3v) is 4.14. The maximum Gasteiger partial charge on any atom is 0.337 e. The van der Waals surface area contributed by atoms with E-state index in [1.165, 1.54) is 25.2 Å². The van der Waals surface area contributed by atoms with E-state index >= 15 is 0 Å². The number of ketones is 1. The van der Waals surface area contributed by atoms with Gasteiger partial charge in [0.25, 0.3) is 5.91 Å². The van der Waals surface area contributed by atoms with Crippen LogP contribution >= 0.6 is 0 Å². The van der Waals surface area contributed by atoms with Gasteiger partial charge in [-0.1, -0.05) is 18.2 Å². The van der Waals surface area contributed by atoms with E-state index in [0.29, 0.717) is 11.4 Å². The minimum absolute atomic E-state index is 0.146. The number of carbonyl (C=O) groups excluding carboxylic acids is 3. The summed E-state index contributed by atoms with van der Waals surface area (Å²) in [6.07, 6.45) is 5.10. The second-order valence-corrected chi connectivity index (χ2v) is 5.23. The van der Waals surface area contributed by atoms with E-state index in [9.17, 15) is 14.4 Å². The van der Waals surface area contributed by atoms with Crippen molar-refractivity contribution in [2.45, 2.75) is 12.0 Å². The number of Topliss-reactive ketones (excluding diaryl/α,β-unsaturated/α-hetero) is 1. The van der Waals surface area contributed by atoms with Gasteiger partial charge in [-0.3, -0.25) is 14.5 Å². The third-order valence-electron chi connectivity index (χ3n) is 4.14. The standard InChI is InChI=1S/C17H15NO5/c1-22-12-8-6-11(7-9-12)18-15(20)14(19)13-5-3-4-10-17(13,18)16(21)23-2/h3-9H,10H2,1-2H3/t17-/m1/s1. The van der Waals surface area contributed by atoms with Crippen LogP contribution in [-0.4, -0.2) is 37.4 Å². The first-order valence-electron chi connectivity index (χ1n) is 7.05. The van der Waals surface area contributed by atoms with Crippen molar-refractivity contribution in [2.75, 3.05) is 19.1 Å². The molecule has 0 aromatic heterocycles. The lowest BCUT2D eigenvalue weighted by atomic mass is 9.83. The molecule has 3 rings (SSSR count). The predicted octanol–water partition coefficient (Wildman–Crippen LogP) is 1.41. The summed E-state index contributed by atoms with van der Waals surface area (Å²) in [6.45, 7) is 0. The molecule has 0 unspecified atom stereocenters. The van der Waals surface area contributed by atoms with Crippen LogP contribution in [0, 0.1) is 0 Å². The van der Waals surface area contributed by atoms with E-state index in [0.717, 1.165) is 0 Å². The molecule has 1 aromatic carbocycles. The number of allylic oxidation sites excluding steroid dienone is 2. The van der Waals surface area contributed by atoms with Crippen molar-refractivity contribution in [2.24, 2.45) is 0 Å². The van der Waals surface area contributed by atoms with E-state index in [2.05, 4.69) is 0 Å². The second kappa shape index (κ2) is 5.39. The molecule has 118 valence electrons. The first-order valence-corrected chi connectivity index (χ1v) is 7.05. The molecular formula is C17H15NO5. The van der Waals surface area contributed by atoms with Crippen molar-refractivity contribution >= 4 is 23.3 Å². The van der Waals surface area contributed by atoms with E-state index in [-0.39, 0.29) is 12.0 Å². The number of anilines is 1. The molecule has 1 fully saturated rings. The fourth-order valence-electron chi connectivity index (χ4n) is 3.04. The topological polar surface area (TPSA) is 72.9 Å². The van der Waals surface area contributed by atoms with Crippen LogP contribution in [0.25, 0.3) is 0 Å². The molecule has 1 amide bonds. The molecule has 6 heteroatoms. The van der Waals surface area contributed by atoms with Gasteiger partial charge >= 0.3 is 5.97 Å². The summed E-state index contributed by atoms with van der Waals surface area (Å²) in [6, 6.07) is 6.60. The Morgan fingerprint density at radius 2 is 1.87 bits per heavy atom. The summed E-state index contributed by atoms with van der Waals surface area (Å²) in [4.78, 5) is 38.6. The minimum Gasteiger partial charge on any atom is -0.497 e. The average Bonchev–Trinajstić information content (AvgIpc) is 2.83. The van der Waals surface area contributed by atoms with Crippen LogP contribution in [0.2, 0.25) is 0 Å². The normalized spacial score (nSPS) is 22.7. The smallest absolute Gasteiger partial charge is 0.337 e. The van der Waals surface area contributed by atoms with Crippen LogP contribution < -0.4 is 9.64 Å². The molecule has 6 nitrogen and oxygen atoms in total. The van der Waals surface area contributed by atoms with Gasteiger partial charge in [0.15, 0.2) is 5.54 Å². The number of amides is 1. The SMILES string of the molecule is COC(=O)[C@@]12CC=CC=C1C(=O)C(=O)N2c1ccc(OC)cc1. The summed E-state index contributed by atoms with van der Waals surface area (Å²) in [7, 11) is 2.77. The number of benzene rings is 1. The highest BCUT2D eigenvalue weighted by Crippen LogP contribution is 2.43. The third kappa shape index (κ3) is 1.98. The molecular weight excluding hydrogens is 298 g/mol. The lowest BCUT2D eigenvalue weighted by molar-refractivity contribution is -0.146. The number of nitrogens with zero attached hydrogens (tertiary/aromatic N) is 1. The average molecular weight is 313 g/mol. The van der Waals surface area contributed by atoms with Crippen LogP contribution in [0.1, 0.15) is 6.42 Å². The maximum absolute atomic E-state index is 12.5. The van der Waals surface area contributed by atoms with Gasteiger partial charge in [-0.25, -0.2) is 4.79 Å². The van der Waals surface area contributed by atoms with E-state index in [4.69, 9.17) is 9.47 Å². The molecule has 1 aromatic rings. The fourth-order valence-corrected chi connectivity index (χ4v) is 3.04. The number of hydrogen-bond acceptors (Lipinski definition) is 5. The van der Waals surface area contributed by atoms with Crippen molar-refractivity contribution in [1.82, 2.24) is 0 Å². The largest absolute Gasteiger partial charge is 0.497 e. The Morgan fingerprint density at radius 1 is 1.17 bits per heavy atom. The number of hydrogen-bond donors (Lipinski definition) is 0. The molecule has 1 aliphatic heterocycles. The van der Waals surface area contributed by atoms with Crippen LogP contribution in [0.4, 0.5) is 5.69 Å². The molecule has 1 heterocycles. The number of carbonyl (C=O) groups is 3. The molecule has 0 bridgehead atoms. The Bertz CT molecular complexity index is 747. The molecule has 0 spiro atoms. The Kier molecular flexibility index (Phi) is 3.52. The maximum atomic E-state index is 12.5. The predicted molar refractivity (Wildman–Crippen MR) is 82.1 cm³/mol. The highest BCUT2D eigenvalue weighted by Gasteiger charge is 2.60. The minimum atomic E-state index is -1.44. The van der Waals surface area contributed by atoms with Crippen LogP contribution in [0.15, 0.2) is 48.1 Å². The van der Waals surface area contributed by atoms with Crippen LogP contribution in [0.5, 0.6) is 5.75 Å². The van der Waals surface area contributed by atoms with Crippen molar-refractivity contribution < 1.29 is 23.9 Å². The van der Waals surface area contributed by atoms with Crippen LogP contribution in [-0.2, 0) is 19.1 Å². The first-order chi connectivity index (χ1) is 11.1. The lowest BCUT2D eigenvalue weighted by Crippen LogP contribution is -2.54. The fraction of sp³-hybridized carbons (Fsp3) is 0.235. The highest BCUT2D eigenvalue weighted by molar-refractivity contribution is 6.53. The zero-order valence-electron chi connectivity index (χ0n) is 12.7. The van der Waals surface area contributed by atoms with E-state index in [1.807, 2.05) is 0 Å². The first kappa shape index (κ1) is 15.0. The quantitative estimate of drug-likeness (QED) is 0.623. The highest BCUT2D eigenvalue weighted by atomic mass is 16.5. The Balaban J connectivity index is 2.18. The van der Waals surface area contributed by atoms with Gasteiger partial charge in [0.05, 0.1) is 14.2 Å². The summed E-state index contributed by atoms with van der Waals surface area (Å²) in [5.41, 5.74) is -0.854. The van der Waals surface area contributed by atoms with Gasteiger partial charge in [-0.2, -0.15) is 0 Å². The van der Waals surface area contributed by atoms with Gasteiger partial charge < -0.3 is 9.47 Å². The molecule has 23 heavy (non-hydrogen) atoms. The van der Waals surface area contributed by atoms with Crippen molar-refractivity contribution in [1.29, 1.82) is 0 Å². The number of esters is 1. The summed E-state index contributed by atoms with van der Waals surface area (Å²) < 4.78 is 10.00. The summed E-state index contributed by atoms with van der Waals surface area (Å²) >= 11 is 0. The van der Waals surface area contributed by atoms with Gasteiger partial charge in [0.2, 0.25) is 5.78 Å². The summed E-state index contributed by atoms with van der Waals surface area (Å²) in [5, 5.41) is 0. The van der Waals surface area contributed by atoms with Gasteiger partial charge in [-0.05, 0) is 24.3 Å². The van der Waals surface area contributed by atoms with Crippen molar-refractivity contribution in [3.63, 3.8) is 0 Å². The molecule has 0 N–H and O–H groups in total. The van der Waals surface area contributed by atoms with Gasteiger partial charge in [0, 0.05) is 17.7 Å². The molecule has 1 atom stereocenters. The Labute approximate surface area is 133 Å². The molecule has 1 aliphatic carbocycles. The second-order valence-electron chi connectivity index (χ2n) is 5.23. The molecule has 1 saturated heterocycles.